The van der Waals surface area contributed by atoms with E-state index in [1.54, 1.807) is 0 Å². The molecule has 0 N–H and O–H groups in total. The SMILES string of the molecule is C=CC(C)C1(C=O)CC2CCC1O2. The van der Waals surface area contributed by atoms with Crippen LogP contribution in [0, 0.1) is 11.3 Å². The van der Waals surface area contributed by atoms with E-state index in [0.717, 1.165) is 25.5 Å². The molecule has 2 rings (SSSR count). The number of carbonyl (C=O) groups is 1. The summed E-state index contributed by atoms with van der Waals surface area (Å²) in [6.07, 6.45) is 6.53. The number of rotatable bonds is 3. The smallest absolute Gasteiger partial charge is 0.129 e. The number of hydrogen-bond acceptors (Lipinski definition) is 2. The third kappa shape index (κ3) is 1.08. The lowest BCUT2D eigenvalue weighted by Gasteiger charge is -2.33. The van der Waals surface area contributed by atoms with Gasteiger partial charge in [-0.1, -0.05) is 13.0 Å². The lowest BCUT2D eigenvalue weighted by molar-refractivity contribution is -0.121. The molecule has 2 aliphatic rings. The summed E-state index contributed by atoms with van der Waals surface area (Å²) < 4.78 is 5.72. The number of ether oxygens (including phenoxy) is 1. The molecule has 0 spiro atoms. The van der Waals surface area contributed by atoms with Crippen LogP contribution in [0.5, 0.6) is 0 Å². The number of hydrogen-bond donors (Lipinski definition) is 0. The monoisotopic (exact) mass is 180 g/mol. The summed E-state index contributed by atoms with van der Waals surface area (Å²) in [5, 5.41) is 0. The van der Waals surface area contributed by atoms with Crippen LogP contribution in [0.1, 0.15) is 26.2 Å². The largest absolute Gasteiger partial charge is 0.374 e. The van der Waals surface area contributed by atoms with E-state index in [-0.39, 0.29) is 17.4 Å². The minimum absolute atomic E-state index is 0.156. The van der Waals surface area contributed by atoms with Gasteiger partial charge in [0, 0.05) is 0 Å². The van der Waals surface area contributed by atoms with Gasteiger partial charge in [0.15, 0.2) is 0 Å². The van der Waals surface area contributed by atoms with Crippen LogP contribution in [0.15, 0.2) is 12.7 Å². The van der Waals surface area contributed by atoms with Gasteiger partial charge >= 0.3 is 0 Å². The quantitative estimate of drug-likeness (QED) is 0.490. The molecule has 2 bridgehead atoms. The molecule has 13 heavy (non-hydrogen) atoms. The minimum Gasteiger partial charge on any atom is -0.374 e. The first-order chi connectivity index (χ1) is 6.23. The molecule has 0 aromatic carbocycles. The molecule has 2 heterocycles. The first-order valence-corrected chi connectivity index (χ1v) is 4.97. The Morgan fingerprint density at radius 3 is 2.77 bits per heavy atom. The molecule has 72 valence electrons. The molecule has 0 aromatic rings. The predicted octanol–water partition coefficient (Wildman–Crippen LogP) is 1.95. The summed E-state index contributed by atoms with van der Waals surface area (Å²) in [5.74, 6) is 0.236. The topological polar surface area (TPSA) is 26.3 Å². The highest BCUT2D eigenvalue weighted by molar-refractivity contribution is 5.63. The van der Waals surface area contributed by atoms with E-state index in [2.05, 4.69) is 13.5 Å². The Labute approximate surface area is 79.0 Å². The second kappa shape index (κ2) is 2.95. The van der Waals surface area contributed by atoms with Crippen molar-refractivity contribution in [3.05, 3.63) is 12.7 Å². The van der Waals surface area contributed by atoms with Crippen molar-refractivity contribution in [2.75, 3.05) is 0 Å². The summed E-state index contributed by atoms with van der Waals surface area (Å²) in [6.45, 7) is 5.83. The van der Waals surface area contributed by atoms with E-state index in [4.69, 9.17) is 4.74 Å². The van der Waals surface area contributed by atoms with Gasteiger partial charge in [-0.25, -0.2) is 0 Å². The van der Waals surface area contributed by atoms with Crippen molar-refractivity contribution < 1.29 is 9.53 Å². The molecule has 0 radical (unpaired) electrons. The molecular weight excluding hydrogens is 164 g/mol. The molecule has 2 saturated heterocycles. The Balaban J connectivity index is 2.26. The second-order valence-electron chi connectivity index (χ2n) is 4.28. The number of allylic oxidation sites excluding steroid dienone is 1. The highest BCUT2D eigenvalue weighted by Gasteiger charge is 2.54. The van der Waals surface area contributed by atoms with E-state index < -0.39 is 0 Å². The molecular formula is C11H16O2. The molecule has 0 amide bonds. The third-order valence-electron chi connectivity index (χ3n) is 3.71. The molecule has 4 unspecified atom stereocenters. The highest BCUT2D eigenvalue weighted by atomic mass is 16.5. The Kier molecular flexibility index (Phi) is 2.03. The first-order valence-electron chi connectivity index (χ1n) is 4.97. The lowest BCUT2D eigenvalue weighted by atomic mass is 9.67. The maximum Gasteiger partial charge on any atom is 0.129 e. The molecule has 2 heteroatoms. The molecule has 0 aromatic heterocycles. The second-order valence-corrected chi connectivity index (χ2v) is 4.28. The molecule has 2 aliphatic heterocycles. The van der Waals surface area contributed by atoms with Crippen molar-refractivity contribution in [3.8, 4) is 0 Å². The fourth-order valence-electron chi connectivity index (χ4n) is 2.71. The Morgan fingerprint density at radius 2 is 2.38 bits per heavy atom. The molecule has 0 aliphatic carbocycles. The van der Waals surface area contributed by atoms with Gasteiger partial charge in [-0.3, -0.25) is 0 Å². The van der Waals surface area contributed by atoms with E-state index in [0.29, 0.717) is 6.10 Å². The third-order valence-corrected chi connectivity index (χ3v) is 3.71. The first kappa shape index (κ1) is 8.95. The maximum absolute atomic E-state index is 11.2. The lowest BCUT2D eigenvalue weighted by Crippen LogP contribution is -2.39. The van der Waals surface area contributed by atoms with Crippen molar-refractivity contribution in [1.82, 2.24) is 0 Å². The van der Waals surface area contributed by atoms with Gasteiger partial charge in [0.2, 0.25) is 0 Å². The van der Waals surface area contributed by atoms with Crippen molar-refractivity contribution in [2.24, 2.45) is 11.3 Å². The van der Waals surface area contributed by atoms with Gasteiger partial charge in [0.25, 0.3) is 0 Å². The van der Waals surface area contributed by atoms with Crippen LogP contribution in [-0.4, -0.2) is 18.5 Å². The molecule has 0 saturated carbocycles. The van der Waals surface area contributed by atoms with Crippen LogP contribution in [0.3, 0.4) is 0 Å². The average Bonchev–Trinajstić information content (AvgIpc) is 2.75. The number of carbonyl (C=O) groups excluding carboxylic acids is 1. The van der Waals surface area contributed by atoms with Crippen LogP contribution in [0.4, 0.5) is 0 Å². The van der Waals surface area contributed by atoms with Crippen LogP contribution < -0.4 is 0 Å². The maximum atomic E-state index is 11.2. The Hall–Kier alpha value is -0.630. The van der Waals surface area contributed by atoms with Crippen LogP contribution in [0.2, 0.25) is 0 Å². The van der Waals surface area contributed by atoms with E-state index in [1.807, 2.05) is 6.08 Å². The Bertz CT molecular complexity index is 236. The van der Waals surface area contributed by atoms with Gasteiger partial charge < -0.3 is 9.53 Å². The van der Waals surface area contributed by atoms with E-state index in [9.17, 15) is 4.79 Å². The summed E-state index contributed by atoms with van der Waals surface area (Å²) in [5.41, 5.74) is -0.259. The standard InChI is InChI=1S/C11H16O2/c1-3-8(2)11(7-12)6-9-4-5-10(11)13-9/h3,7-10H,1,4-6H2,2H3. The van der Waals surface area contributed by atoms with Crippen LogP contribution in [-0.2, 0) is 9.53 Å². The zero-order valence-electron chi connectivity index (χ0n) is 8.03. The van der Waals surface area contributed by atoms with Crippen LogP contribution in [0.25, 0.3) is 0 Å². The van der Waals surface area contributed by atoms with Gasteiger partial charge in [-0.05, 0) is 25.2 Å². The zero-order valence-corrected chi connectivity index (χ0v) is 8.03. The highest BCUT2D eigenvalue weighted by Crippen LogP contribution is 2.50. The molecule has 4 atom stereocenters. The van der Waals surface area contributed by atoms with Gasteiger partial charge in [-0.15, -0.1) is 6.58 Å². The van der Waals surface area contributed by atoms with Gasteiger partial charge in [0.1, 0.15) is 6.29 Å². The van der Waals surface area contributed by atoms with E-state index in [1.165, 1.54) is 0 Å². The van der Waals surface area contributed by atoms with Crippen molar-refractivity contribution in [2.45, 2.75) is 38.4 Å². The number of fused-ring (bicyclic) bond motifs is 2. The van der Waals surface area contributed by atoms with Crippen molar-refractivity contribution in [3.63, 3.8) is 0 Å². The van der Waals surface area contributed by atoms with Gasteiger partial charge in [-0.2, -0.15) is 0 Å². The number of aldehydes is 1. The summed E-state index contributed by atoms with van der Waals surface area (Å²) in [7, 11) is 0. The van der Waals surface area contributed by atoms with Crippen molar-refractivity contribution >= 4 is 6.29 Å². The Morgan fingerprint density at radius 1 is 1.62 bits per heavy atom. The molecule has 2 fully saturated rings. The fourth-order valence-corrected chi connectivity index (χ4v) is 2.71. The summed E-state index contributed by atoms with van der Waals surface area (Å²) in [4.78, 5) is 11.2. The van der Waals surface area contributed by atoms with Crippen molar-refractivity contribution in [1.29, 1.82) is 0 Å². The average molecular weight is 180 g/mol. The normalized spacial score (nSPS) is 44.7. The predicted molar refractivity (Wildman–Crippen MR) is 50.4 cm³/mol. The van der Waals surface area contributed by atoms with Crippen LogP contribution >= 0.6 is 0 Å². The summed E-state index contributed by atoms with van der Waals surface area (Å²) in [6, 6.07) is 0. The van der Waals surface area contributed by atoms with E-state index >= 15 is 0 Å². The summed E-state index contributed by atoms with van der Waals surface area (Å²) >= 11 is 0. The fraction of sp³-hybridized carbons (Fsp3) is 0.727. The van der Waals surface area contributed by atoms with Gasteiger partial charge in [0.05, 0.1) is 17.6 Å². The minimum atomic E-state index is -0.259. The zero-order chi connectivity index (χ0) is 9.47. The molecule has 2 nitrogen and oxygen atoms in total.